The van der Waals surface area contributed by atoms with Crippen molar-refractivity contribution in [3.8, 4) is 0 Å². The van der Waals surface area contributed by atoms with Crippen LogP contribution in [0.4, 0.5) is 5.13 Å². The van der Waals surface area contributed by atoms with E-state index in [0.717, 1.165) is 19.3 Å². The summed E-state index contributed by atoms with van der Waals surface area (Å²) in [6, 6.07) is 18.4. The van der Waals surface area contributed by atoms with Gasteiger partial charge in [0, 0.05) is 42.2 Å². The van der Waals surface area contributed by atoms with E-state index in [9.17, 15) is 14.4 Å². The van der Waals surface area contributed by atoms with E-state index in [1.54, 1.807) is 12.1 Å². The van der Waals surface area contributed by atoms with Crippen molar-refractivity contribution in [2.75, 3.05) is 25.0 Å². The summed E-state index contributed by atoms with van der Waals surface area (Å²) in [7, 11) is 0. The Labute approximate surface area is 209 Å². The van der Waals surface area contributed by atoms with Crippen LogP contribution in [0.25, 0.3) is 0 Å². The highest BCUT2D eigenvalue weighted by Gasteiger charge is 2.30. The van der Waals surface area contributed by atoms with Crippen molar-refractivity contribution in [1.82, 2.24) is 14.8 Å². The first-order valence-electron chi connectivity index (χ1n) is 12.0. The lowest BCUT2D eigenvalue weighted by Gasteiger charge is -2.38. The van der Waals surface area contributed by atoms with Crippen LogP contribution < -0.4 is 5.32 Å². The van der Waals surface area contributed by atoms with E-state index in [4.69, 9.17) is 0 Å². The number of hydrogen-bond donors (Lipinski definition) is 1. The molecule has 7 nitrogen and oxygen atoms in total. The maximum atomic E-state index is 13.2. The lowest BCUT2D eigenvalue weighted by molar-refractivity contribution is -0.133. The van der Waals surface area contributed by atoms with Crippen LogP contribution in [-0.2, 0) is 11.2 Å². The molecule has 0 bridgehead atoms. The number of nitrogens with zero attached hydrogens (tertiary/aromatic N) is 3. The third-order valence-corrected chi connectivity index (χ3v) is 6.95. The lowest BCUT2D eigenvalue weighted by Crippen LogP contribution is -2.49. The monoisotopic (exact) mass is 490 g/mol. The number of carbonyl (C=O) groups is 3. The molecule has 0 spiro atoms. The quantitative estimate of drug-likeness (QED) is 0.505. The number of piperidine rings is 1. The number of hydrogen-bond acceptors (Lipinski definition) is 5. The molecule has 2 aromatic carbocycles. The van der Waals surface area contributed by atoms with Gasteiger partial charge in [-0.25, -0.2) is 4.98 Å². The Morgan fingerprint density at radius 1 is 1.00 bits per heavy atom. The maximum absolute atomic E-state index is 13.2. The lowest BCUT2D eigenvalue weighted by atomic mass is 10.0. The predicted molar refractivity (Wildman–Crippen MR) is 138 cm³/mol. The normalized spacial score (nSPS) is 13.9. The highest BCUT2D eigenvalue weighted by Crippen LogP contribution is 2.22. The first-order valence-corrected chi connectivity index (χ1v) is 12.9. The van der Waals surface area contributed by atoms with Crippen molar-refractivity contribution >= 4 is 34.2 Å². The highest BCUT2D eigenvalue weighted by molar-refractivity contribution is 7.14. The Morgan fingerprint density at radius 3 is 2.26 bits per heavy atom. The topological polar surface area (TPSA) is 82.6 Å². The molecule has 1 saturated heterocycles. The van der Waals surface area contributed by atoms with Crippen LogP contribution in [0.2, 0.25) is 0 Å². The predicted octanol–water partition coefficient (Wildman–Crippen LogP) is 4.48. The molecule has 1 aromatic heterocycles. The summed E-state index contributed by atoms with van der Waals surface area (Å²) in [4.78, 5) is 46.6. The van der Waals surface area contributed by atoms with Crippen LogP contribution >= 0.6 is 11.3 Å². The largest absolute Gasteiger partial charge is 0.339 e. The van der Waals surface area contributed by atoms with Crippen molar-refractivity contribution in [1.29, 1.82) is 0 Å². The number of aromatic nitrogens is 1. The number of benzene rings is 2. The molecule has 0 radical (unpaired) electrons. The molecule has 2 heterocycles. The fourth-order valence-corrected chi connectivity index (χ4v) is 5.06. The molecule has 0 unspecified atom stereocenters. The van der Waals surface area contributed by atoms with Crippen LogP contribution in [0, 0.1) is 0 Å². The van der Waals surface area contributed by atoms with E-state index < -0.39 is 0 Å². The summed E-state index contributed by atoms with van der Waals surface area (Å²) < 4.78 is 0. The van der Waals surface area contributed by atoms with Crippen LogP contribution in [0.3, 0.4) is 0 Å². The van der Waals surface area contributed by atoms with Gasteiger partial charge in [-0.15, -0.1) is 11.3 Å². The van der Waals surface area contributed by atoms with Crippen LogP contribution in [0.1, 0.15) is 52.6 Å². The number of anilines is 1. The Hall–Kier alpha value is -3.52. The number of thiazole rings is 1. The molecule has 3 aromatic rings. The van der Waals surface area contributed by atoms with E-state index in [0.29, 0.717) is 41.6 Å². The number of amides is 3. The Kier molecular flexibility index (Phi) is 8.26. The molecule has 1 aliphatic heterocycles. The van der Waals surface area contributed by atoms with Crippen molar-refractivity contribution in [2.24, 2.45) is 0 Å². The molecule has 182 valence electrons. The number of likely N-dealkylation sites (tertiary alicyclic amines) is 1. The molecule has 0 saturated carbocycles. The summed E-state index contributed by atoms with van der Waals surface area (Å²) in [6.07, 6.45) is 2.59. The molecule has 35 heavy (non-hydrogen) atoms. The summed E-state index contributed by atoms with van der Waals surface area (Å²) in [5, 5.41) is 5.11. The third kappa shape index (κ3) is 6.33. The van der Waals surface area contributed by atoms with E-state index in [1.807, 2.05) is 63.7 Å². The zero-order valence-corrected chi connectivity index (χ0v) is 20.7. The molecule has 4 rings (SSSR count). The summed E-state index contributed by atoms with van der Waals surface area (Å²) >= 11 is 1.32. The van der Waals surface area contributed by atoms with Gasteiger partial charge in [0.15, 0.2) is 5.13 Å². The minimum Gasteiger partial charge on any atom is -0.339 e. The summed E-state index contributed by atoms with van der Waals surface area (Å²) in [6.45, 7) is 4.02. The van der Waals surface area contributed by atoms with Crippen LogP contribution in [0.5, 0.6) is 0 Å². The Balaban J connectivity index is 1.33. The molecule has 1 N–H and O–H groups in total. The number of rotatable bonds is 8. The van der Waals surface area contributed by atoms with Gasteiger partial charge in [-0.3, -0.25) is 19.7 Å². The van der Waals surface area contributed by atoms with Gasteiger partial charge in [0.1, 0.15) is 0 Å². The van der Waals surface area contributed by atoms with Gasteiger partial charge in [-0.1, -0.05) is 43.3 Å². The molecule has 1 fully saturated rings. The minimum atomic E-state index is -0.220. The smallest absolute Gasteiger partial charge is 0.257 e. The van der Waals surface area contributed by atoms with Crippen molar-refractivity contribution in [3.05, 3.63) is 82.9 Å². The van der Waals surface area contributed by atoms with Gasteiger partial charge in [0.2, 0.25) is 5.91 Å². The second-order valence-electron chi connectivity index (χ2n) is 8.62. The molecule has 0 atom stereocenters. The first-order chi connectivity index (χ1) is 17.0. The molecule has 8 heteroatoms. The fourth-order valence-electron chi connectivity index (χ4n) is 4.36. The van der Waals surface area contributed by atoms with E-state index in [-0.39, 0.29) is 30.2 Å². The number of nitrogens with one attached hydrogen (secondary N) is 1. The first kappa shape index (κ1) is 24.6. The molecular formula is C27H30N4O3S. The number of carbonyl (C=O) groups excluding carboxylic acids is 3. The summed E-state index contributed by atoms with van der Waals surface area (Å²) in [5.74, 6) is -0.141. The minimum absolute atomic E-state index is 0.0333. The van der Waals surface area contributed by atoms with Gasteiger partial charge >= 0.3 is 0 Å². The second kappa shape index (κ2) is 11.8. The van der Waals surface area contributed by atoms with Crippen molar-refractivity contribution < 1.29 is 14.4 Å². The van der Waals surface area contributed by atoms with E-state index in [2.05, 4.69) is 17.2 Å². The van der Waals surface area contributed by atoms with Gasteiger partial charge < -0.3 is 9.80 Å². The molecule has 1 aliphatic rings. The molecule has 0 aliphatic carbocycles. The zero-order valence-electron chi connectivity index (χ0n) is 19.9. The van der Waals surface area contributed by atoms with E-state index in [1.165, 1.54) is 11.3 Å². The van der Waals surface area contributed by atoms with Gasteiger partial charge in [-0.05, 0) is 43.5 Å². The second-order valence-corrected chi connectivity index (χ2v) is 9.48. The van der Waals surface area contributed by atoms with Crippen molar-refractivity contribution in [3.63, 3.8) is 0 Å². The van der Waals surface area contributed by atoms with Gasteiger partial charge in [-0.2, -0.15) is 0 Å². The maximum Gasteiger partial charge on any atom is 0.257 e. The molecule has 3 amide bonds. The SMILES string of the molecule is CCCN(C(=O)Cc1csc(NC(=O)c2ccccc2)n1)C1CCN(C(=O)c2ccccc2)CC1. The van der Waals surface area contributed by atoms with Crippen LogP contribution in [0.15, 0.2) is 66.0 Å². The zero-order chi connectivity index (χ0) is 24.6. The third-order valence-electron chi connectivity index (χ3n) is 6.14. The van der Waals surface area contributed by atoms with Gasteiger partial charge in [0.05, 0.1) is 12.1 Å². The Bertz CT molecular complexity index is 1140. The Morgan fingerprint density at radius 2 is 1.63 bits per heavy atom. The standard InChI is InChI=1S/C27H30N4O3S/c1-2-15-31(23-13-16-30(17-14-23)26(34)21-11-7-4-8-12-21)24(32)18-22-19-35-27(28-22)29-25(33)20-9-5-3-6-10-20/h3-12,19,23H,2,13-18H2,1H3,(H,28,29,33). The van der Waals surface area contributed by atoms with Crippen LogP contribution in [-0.4, -0.2) is 58.2 Å². The van der Waals surface area contributed by atoms with Gasteiger partial charge in [0.25, 0.3) is 11.8 Å². The fraction of sp³-hybridized carbons (Fsp3) is 0.333. The van der Waals surface area contributed by atoms with E-state index >= 15 is 0 Å². The van der Waals surface area contributed by atoms with Crippen molar-refractivity contribution in [2.45, 2.75) is 38.6 Å². The summed E-state index contributed by atoms with van der Waals surface area (Å²) in [5.41, 5.74) is 1.92. The average molecular weight is 491 g/mol. The highest BCUT2D eigenvalue weighted by atomic mass is 32.1. The molecular weight excluding hydrogens is 460 g/mol. The average Bonchev–Trinajstić information content (AvgIpc) is 3.34.